The van der Waals surface area contributed by atoms with Crippen LogP contribution in [0.1, 0.15) is 31.2 Å². The first kappa shape index (κ1) is 15.8. The molecule has 20 heavy (non-hydrogen) atoms. The fourth-order valence-electron chi connectivity index (χ4n) is 2.74. The SMILES string of the molecule is CCc1cc(CN2CCC(SC)(C(N)=S)CC2)n(C)n1. The van der Waals surface area contributed by atoms with Gasteiger partial charge in [0.2, 0.25) is 0 Å². The van der Waals surface area contributed by atoms with Crippen molar-refractivity contribution in [3.8, 4) is 0 Å². The number of hydrogen-bond donors (Lipinski definition) is 1. The molecule has 1 aliphatic rings. The highest BCUT2D eigenvalue weighted by Crippen LogP contribution is 2.35. The van der Waals surface area contributed by atoms with Gasteiger partial charge >= 0.3 is 0 Å². The van der Waals surface area contributed by atoms with Crippen molar-refractivity contribution in [2.75, 3.05) is 19.3 Å². The molecule has 0 aromatic carbocycles. The average molecular weight is 313 g/mol. The van der Waals surface area contributed by atoms with Crippen molar-refractivity contribution in [3.63, 3.8) is 0 Å². The summed E-state index contributed by atoms with van der Waals surface area (Å²) < 4.78 is 2.01. The molecule has 0 unspecified atom stereocenters. The lowest BCUT2D eigenvalue weighted by atomic mass is 9.95. The van der Waals surface area contributed by atoms with Crippen LogP contribution in [0.15, 0.2) is 6.07 Å². The number of aromatic nitrogens is 2. The van der Waals surface area contributed by atoms with Gasteiger partial charge in [-0.2, -0.15) is 16.9 Å². The van der Waals surface area contributed by atoms with E-state index in [-0.39, 0.29) is 4.75 Å². The number of nitrogens with two attached hydrogens (primary N) is 1. The molecule has 2 rings (SSSR count). The zero-order valence-electron chi connectivity index (χ0n) is 12.6. The topological polar surface area (TPSA) is 47.1 Å². The smallest absolute Gasteiger partial charge is 0.0891 e. The largest absolute Gasteiger partial charge is 0.392 e. The fourth-order valence-corrected chi connectivity index (χ4v) is 3.99. The molecule has 112 valence electrons. The van der Waals surface area contributed by atoms with Crippen LogP contribution >= 0.6 is 24.0 Å². The number of rotatable bonds is 5. The summed E-state index contributed by atoms with van der Waals surface area (Å²) in [6.07, 6.45) is 5.19. The third-order valence-electron chi connectivity index (χ3n) is 4.28. The van der Waals surface area contributed by atoms with Gasteiger partial charge in [0.15, 0.2) is 0 Å². The van der Waals surface area contributed by atoms with Crippen LogP contribution in [0, 0.1) is 0 Å². The van der Waals surface area contributed by atoms with Gasteiger partial charge in [0.1, 0.15) is 0 Å². The van der Waals surface area contributed by atoms with Crippen molar-refractivity contribution in [1.82, 2.24) is 14.7 Å². The minimum Gasteiger partial charge on any atom is -0.392 e. The summed E-state index contributed by atoms with van der Waals surface area (Å²) in [5, 5.41) is 4.51. The molecule has 1 saturated heterocycles. The normalized spacial score (nSPS) is 19.1. The summed E-state index contributed by atoms with van der Waals surface area (Å²) in [5.74, 6) is 0. The third-order valence-corrected chi connectivity index (χ3v) is 6.21. The third kappa shape index (κ3) is 3.18. The summed E-state index contributed by atoms with van der Waals surface area (Å²) in [6.45, 7) is 5.20. The van der Waals surface area contributed by atoms with Gasteiger partial charge in [0, 0.05) is 26.7 Å². The van der Waals surface area contributed by atoms with Crippen LogP contribution in [0.3, 0.4) is 0 Å². The van der Waals surface area contributed by atoms with E-state index in [0.29, 0.717) is 4.99 Å². The number of aryl methyl sites for hydroxylation is 2. The molecule has 1 fully saturated rings. The molecule has 0 atom stereocenters. The molecule has 2 N–H and O–H groups in total. The van der Waals surface area contributed by atoms with Crippen molar-refractivity contribution in [2.24, 2.45) is 12.8 Å². The molecule has 4 nitrogen and oxygen atoms in total. The van der Waals surface area contributed by atoms with Crippen molar-refractivity contribution in [3.05, 3.63) is 17.5 Å². The van der Waals surface area contributed by atoms with Crippen LogP contribution in [-0.4, -0.2) is 43.8 Å². The minimum absolute atomic E-state index is 0.00682. The highest BCUT2D eigenvalue weighted by molar-refractivity contribution is 8.02. The first-order valence-corrected chi connectivity index (χ1v) is 8.73. The summed E-state index contributed by atoms with van der Waals surface area (Å²) >= 11 is 7.07. The maximum Gasteiger partial charge on any atom is 0.0891 e. The predicted molar refractivity (Wildman–Crippen MR) is 90.1 cm³/mol. The highest BCUT2D eigenvalue weighted by atomic mass is 32.2. The van der Waals surface area contributed by atoms with E-state index in [1.165, 1.54) is 11.4 Å². The second kappa shape index (κ2) is 6.45. The van der Waals surface area contributed by atoms with Crippen LogP contribution < -0.4 is 5.73 Å². The summed E-state index contributed by atoms with van der Waals surface area (Å²) in [4.78, 5) is 3.14. The number of piperidine rings is 1. The van der Waals surface area contributed by atoms with E-state index in [4.69, 9.17) is 18.0 Å². The van der Waals surface area contributed by atoms with Crippen LogP contribution in [0.4, 0.5) is 0 Å². The fraction of sp³-hybridized carbons (Fsp3) is 0.714. The Morgan fingerprint density at radius 3 is 2.60 bits per heavy atom. The van der Waals surface area contributed by atoms with E-state index in [1.807, 2.05) is 23.5 Å². The van der Waals surface area contributed by atoms with Crippen molar-refractivity contribution in [1.29, 1.82) is 0 Å². The van der Waals surface area contributed by atoms with E-state index in [2.05, 4.69) is 29.2 Å². The molecule has 1 aromatic heterocycles. The van der Waals surface area contributed by atoms with Crippen molar-refractivity contribution in [2.45, 2.75) is 37.5 Å². The maximum atomic E-state index is 5.93. The van der Waals surface area contributed by atoms with E-state index in [0.717, 1.165) is 38.9 Å². The molecule has 0 spiro atoms. The molecule has 2 heterocycles. The Balaban J connectivity index is 1.97. The van der Waals surface area contributed by atoms with Crippen molar-refractivity contribution >= 4 is 29.0 Å². The lowest BCUT2D eigenvalue weighted by Crippen LogP contribution is -2.49. The molecule has 6 heteroatoms. The van der Waals surface area contributed by atoms with Crippen LogP contribution in [0.5, 0.6) is 0 Å². The van der Waals surface area contributed by atoms with Gasteiger partial charge in [-0.25, -0.2) is 0 Å². The summed E-state index contributed by atoms with van der Waals surface area (Å²) in [7, 11) is 2.03. The van der Waals surface area contributed by atoms with Gasteiger partial charge in [0.25, 0.3) is 0 Å². The van der Waals surface area contributed by atoms with Gasteiger partial charge in [-0.05, 0) is 31.6 Å². The molecule has 0 aliphatic carbocycles. The molecule has 0 bridgehead atoms. The maximum absolute atomic E-state index is 5.93. The van der Waals surface area contributed by atoms with E-state index in [9.17, 15) is 0 Å². The Morgan fingerprint density at radius 1 is 1.50 bits per heavy atom. The Labute approximate surface area is 131 Å². The number of likely N-dealkylation sites (tertiary alicyclic amines) is 1. The second-order valence-corrected chi connectivity index (χ2v) is 7.07. The average Bonchev–Trinajstić information content (AvgIpc) is 2.80. The van der Waals surface area contributed by atoms with Gasteiger partial charge < -0.3 is 5.73 Å². The second-order valence-electron chi connectivity index (χ2n) is 5.44. The highest BCUT2D eigenvalue weighted by Gasteiger charge is 2.36. The Bertz CT molecular complexity index is 476. The summed E-state index contributed by atoms with van der Waals surface area (Å²) in [6, 6.07) is 2.21. The predicted octanol–water partition coefficient (Wildman–Crippen LogP) is 1.97. The van der Waals surface area contributed by atoms with Gasteiger partial charge in [-0.15, -0.1) is 0 Å². The van der Waals surface area contributed by atoms with E-state index in [1.54, 1.807) is 0 Å². The molecule has 0 radical (unpaired) electrons. The standard InChI is InChI=1S/C14H24N4S2/c1-4-11-9-12(17(2)16-11)10-18-7-5-14(20-3,6-8-18)13(15)19/h9H,4-8,10H2,1-3H3,(H2,15,19). The minimum atomic E-state index is 0.00682. The monoisotopic (exact) mass is 312 g/mol. The quantitative estimate of drug-likeness (QED) is 0.842. The Hall–Kier alpha value is -0.590. The van der Waals surface area contributed by atoms with E-state index >= 15 is 0 Å². The molecule has 0 amide bonds. The van der Waals surface area contributed by atoms with Crippen molar-refractivity contribution < 1.29 is 0 Å². The molecule has 1 aromatic rings. The molecule has 0 saturated carbocycles. The number of nitrogens with zero attached hydrogens (tertiary/aromatic N) is 3. The zero-order valence-corrected chi connectivity index (χ0v) is 14.2. The number of thioether (sulfide) groups is 1. The van der Waals surface area contributed by atoms with Gasteiger partial charge in [-0.1, -0.05) is 19.1 Å². The Kier molecular flexibility index (Phi) is 5.09. The summed E-state index contributed by atoms with van der Waals surface area (Å²) in [5.41, 5.74) is 8.39. The zero-order chi connectivity index (χ0) is 14.8. The van der Waals surface area contributed by atoms with Gasteiger partial charge in [-0.3, -0.25) is 9.58 Å². The molecular weight excluding hydrogens is 288 g/mol. The lowest BCUT2D eigenvalue weighted by Gasteiger charge is -2.40. The molecule has 1 aliphatic heterocycles. The van der Waals surface area contributed by atoms with E-state index < -0.39 is 0 Å². The van der Waals surface area contributed by atoms with Crippen LogP contribution in [-0.2, 0) is 20.0 Å². The van der Waals surface area contributed by atoms with Crippen LogP contribution in [0.2, 0.25) is 0 Å². The van der Waals surface area contributed by atoms with Crippen LogP contribution in [0.25, 0.3) is 0 Å². The number of thiocarbonyl (C=S) groups is 1. The first-order valence-electron chi connectivity index (χ1n) is 7.10. The number of hydrogen-bond acceptors (Lipinski definition) is 4. The lowest BCUT2D eigenvalue weighted by molar-refractivity contribution is 0.208. The Morgan fingerprint density at radius 2 is 2.15 bits per heavy atom. The van der Waals surface area contributed by atoms with Gasteiger partial charge in [0.05, 0.1) is 21.1 Å². The molecular formula is C14H24N4S2. The first-order chi connectivity index (χ1) is 9.50.